The van der Waals surface area contributed by atoms with Crippen LogP contribution in [-0.2, 0) is 4.79 Å². The molecule has 5 nitrogen and oxygen atoms in total. The highest BCUT2D eigenvalue weighted by Gasteiger charge is 2.40. The summed E-state index contributed by atoms with van der Waals surface area (Å²) in [4.78, 5) is 25.6. The van der Waals surface area contributed by atoms with Gasteiger partial charge in [-0.2, -0.15) is 0 Å². The van der Waals surface area contributed by atoms with Crippen molar-refractivity contribution in [3.63, 3.8) is 0 Å². The zero-order valence-corrected chi connectivity index (χ0v) is 13.5. The van der Waals surface area contributed by atoms with Gasteiger partial charge in [0, 0.05) is 28.8 Å². The lowest BCUT2D eigenvalue weighted by atomic mass is 9.76. The van der Waals surface area contributed by atoms with Gasteiger partial charge in [-0.15, -0.1) is 0 Å². The van der Waals surface area contributed by atoms with Crippen molar-refractivity contribution < 1.29 is 14.7 Å². The van der Waals surface area contributed by atoms with Crippen LogP contribution in [0.3, 0.4) is 0 Å². The Morgan fingerprint density at radius 2 is 1.95 bits per heavy atom. The molecule has 1 amide bonds. The van der Waals surface area contributed by atoms with Crippen LogP contribution in [0.4, 0.5) is 5.69 Å². The summed E-state index contributed by atoms with van der Waals surface area (Å²) in [6.07, 6.45) is 1.58. The van der Waals surface area contributed by atoms with Crippen molar-refractivity contribution in [2.45, 2.75) is 26.2 Å². The lowest BCUT2D eigenvalue weighted by Crippen LogP contribution is -2.46. The van der Waals surface area contributed by atoms with Crippen LogP contribution >= 0.6 is 15.9 Å². The van der Waals surface area contributed by atoms with E-state index in [9.17, 15) is 14.7 Å². The van der Waals surface area contributed by atoms with Crippen LogP contribution in [0.1, 0.15) is 36.5 Å². The number of benzene rings is 1. The second-order valence-electron chi connectivity index (χ2n) is 5.50. The van der Waals surface area contributed by atoms with E-state index in [2.05, 4.69) is 15.9 Å². The van der Waals surface area contributed by atoms with E-state index in [-0.39, 0.29) is 5.91 Å². The van der Waals surface area contributed by atoms with Crippen molar-refractivity contribution in [2.75, 3.05) is 18.8 Å². The number of anilines is 1. The highest BCUT2D eigenvalue weighted by molar-refractivity contribution is 9.10. The number of hydrogen-bond donors (Lipinski definition) is 2. The van der Waals surface area contributed by atoms with E-state index in [4.69, 9.17) is 5.73 Å². The molecule has 21 heavy (non-hydrogen) atoms. The predicted octanol–water partition coefficient (Wildman–Crippen LogP) is 2.75. The van der Waals surface area contributed by atoms with Gasteiger partial charge >= 0.3 is 5.97 Å². The Hall–Kier alpha value is -1.56. The second kappa shape index (κ2) is 6.05. The van der Waals surface area contributed by atoms with E-state index >= 15 is 0 Å². The van der Waals surface area contributed by atoms with E-state index < -0.39 is 11.4 Å². The third kappa shape index (κ3) is 3.20. The van der Waals surface area contributed by atoms with Gasteiger partial charge in [0.1, 0.15) is 0 Å². The van der Waals surface area contributed by atoms with Crippen molar-refractivity contribution in [3.8, 4) is 0 Å². The Labute approximate surface area is 132 Å². The molecule has 2 rings (SSSR count). The fraction of sp³-hybridized carbons (Fsp3) is 0.467. The van der Waals surface area contributed by atoms with Crippen molar-refractivity contribution in [1.29, 1.82) is 0 Å². The molecule has 1 saturated heterocycles. The Balaban J connectivity index is 2.11. The highest BCUT2D eigenvalue weighted by Crippen LogP contribution is 2.35. The molecule has 0 bridgehead atoms. The SMILES string of the molecule is CCC1(C(=O)O)CCN(C(=O)c2cc(N)cc(Br)c2)CC1. The molecule has 0 unspecified atom stereocenters. The van der Waals surface area contributed by atoms with Crippen LogP contribution in [0.5, 0.6) is 0 Å². The summed E-state index contributed by atoms with van der Waals surface area (Å²) < 4.78 is 0.760. The number of carbonyl (C=O) groups is 2. The van der Waals surface area contributed by atoms with Crippen LogP contribution in [0.25, 0.3) is 0 Å². The Bertz CT molecular complexity index is 546. The molecule has 0 aliphatic carbocycles. The topological polar surface area (TPSA) is 83.6 Å². The van der Waals surface area contributed by atoms with Crippen LogP contribution in [0.15, 0.2) is 22.7 Å². The van der Waals surface area contributed by atoms with Gasteiger partial charge in [0.25, 0.3) is 5.91 Å². The minimum atomic E-state index is -0.760. The number of nitrogens with two attached hydrogens (primary N) is 1. The number of piperidine rings is 1. The lowest BCUT2D eigenvalue weighted by Gasteiger charge is -2.38. The molecule has 3 N–H and O–H groups in total. The van der Waals surface area contributed by atoms with E-state index in [0.717, 1.165) is 4.47 Å². The zero-order valence-electron chi connectivity index (χ0n) is 11.9. The number of nitrogen functional groups attached to an aromatic ring is 1. The molecule has 0 saturated carbocycles. The number of nitrogens with zero attached hydrogens (tertiary/aromatic N) is 1. The van der Waals surface area contributed by atoms with Crippen LogP contribution in [-0.4, -0.2) is 35.0 Å². The summed E-state index contributed by atoms with van der Waals surface area (Å²) in [5, 5.41) is 9.38. The fourth-order valence-corrected chi connectivity index (χ4v) is 3.29. The molecular weight excluding hydrogens is 336 g/mol. The van der Waals surface area contributed by atoms with Crippen molar-refractivity contribution in [1.82, 2.24) is 4.90 Å². The molecular formula is C15H19BrN2O3. The predicted molar refractivity (Wildman–Crippen MR) is 84.1 cm³/mol. The lowest BCUT2D eigenvalue weighted by molar-refractivity contribution is -0.152. The number of carboxylic acids is 1. The van der Waals surface area contributed by atoms with Gasteiger partial charge in [0.15, 0.2) is 0 Å². The molecule has 0 aromatic heterocycles. The maximum atomic E-state index is 12.5. The van der Waals surface area contributed by atoms with Crippen molar-refractivity contribution in [2.24, 2.45) is 5.41 Å². The summed E-state index contributed by atoms with van der Waals surface area (Å²) >= 11 is 3.33. The minimum Gasteiger partial charge on any atom is -0.481 e. The van der Waals surface area contributed by atoms with E-state index in [0.29, 0.717) is 43.6 Å². The summed E-state index contributed by atoms with van der Waals surface area (Å²) in [5.41, 5.74) is 6.12. The minimum absolute atomic E-state index is 0.0990. The molecule has 0 atom stereocenters. The summed E-state index contributed by atoms with van der Waals surface area (Å²) in [5.74, 6) is -0.859. The van der Waals surface area contributed by atoms with Gasteiger partial charge in [-0.25, -0.2) is 0 Å². The first-order valence-electron chi connectivity index (χ1n) is 6.97. The van der Waals surface area contributed by atoms with Crippen LogP contribution < -0.4 is 5.73 Å². The average molecular weight is 355 g/mol. The summed E-state index contributed by atoms with van der Waals surface area (Å²) in [6.45, 7) is 2.82. The first-order valence-corrected chi connectivity index (χ1v) is 7.76. The summed E-state index contributed by atoms with van der Waals surface area (Å²) in [6, 6.07) is 5.11. The third-order valence-electron chi connectivity index (χ3n) is 4.31. The Morgan fingerprint density at radius 3 is 2.43 bits per heavy atom. The smallest absolute Gasteiger partial charge is 0.309 e. The number of halogens is 1. The standard InChI is InChI=1S/C15H19BrN2O3/c1-2-15(14(20)21)3-5-18(6-4-15)13(19)10-7-11(16)9-12(17)8-10/h7-9H,2-6,17H2,1H3,(H,20,21). The number of likely N-dealkylation sites (tertiary alicyclic amines) is 1. The molecule has 1 aromatic carbocycles. The van der Waals surface area contributed by atoms with Gasteiger partial charge in [0.2, 0.25) is 0 Å². The van der Waals surface area contributed by atoms with Crippen LogP contribution in [0.2, 0.25) is 0 Å². The first kappa shape index (κ1) is 15.8. The first-order chi connectivity index (χ1) is 9.88. The number of hydrogen-bond acceptors (Lipinski definition) is 3. The number of aliphatic carboxylic acids is 1. The van der Waals surface area contributed by atoms with Gasteiger partial charge in [-0.1, -0.05) is 22.9 Å². The highest BCUT2D eigenvalue weighted by atomic mass is 79.9. The molecule has 1 heterocycles. The quantitative estimate of drug-likeness (QED) is 0.817. The normalized spacial score (nSPS) is 17.5. The molecule has 114 valence electrons. The van der Waals surface area contributed by atoms with Crippen LogP contribution in [0, 0.1) is 5.41 Å². The second-order valence-corrected chi connectivity index (χ2v) is 6.42. The number of rotatable bonds is 3. The van der Waals surface area contributed by atoms with E-state index in [1.807, 2.05) is 6.92 Å². The number of carboxylic acid groups (broad SMARTS) is 1. The fourth-order valence-electron chi connectivity index (χ4n) is 2.77. The average Bonchev–Trinajstić information content (AvgIpc) is 2.45. The Kier molecular flexibility index (Phi) is 4.56. The monoisotopic (exact) mass is 354 g/mol. The zero-order chi connectivity index (χ0) is 15.6. The molecule has 1 fully saturated rings. The van der Waals surface area contributed by atoms with Gasteiger partial charge < -0.3 is 15.7 Å². The summed E-state index contributed by atoms with van der Waals surface area (Å²) in [7, 11) is 0. The maximum Gasteiger partial charge on any atom is 0.309 e. The van der Waals surface area contributed by atoms with E-state index in [1.165, 1.54) is 0 Å². The van der Waals surface area contributed by atoms with Gasteiger partial charge in [-0.05, 0) is 37.5 Å². The van der Waals surface area contributed by atoms with Gasteiger partial charge in [-0.3, -0.25) is 9.59 Å². The van der Waals surface area contributed by atoms with Crippen molar-refractivity contribution >= 4 is 33.5 Å². The molecule has 1 aliphatic rings. The largest absolute Gasteiger partial charge is 0.481 e. The molecule has 0 spiro atoms. The third-order valence-corrected chi connectivity index (χ3v) is 4.76. The Morgan fingerprint density at radius 1 is 1.33 bits per heavy atom. The van der Waals surface area contributed by atoms with Crippen molar-refractivity contribution in [3.05, 3.63) is 28.2 Å². The number of amides is 1. The van der Waals surface area contributed by atoms with Gasteiger partial charge in [0.05, 0.1) is 5.41 Å². The maximum absolute atomic E-state index is 12.5. The molecule has 1 aromatic rings. The number of carbonyl (C=O) groups excluding carboxylic acids is 1. The molecule has 1 aliphatic heterocycles. The molecule has 6 heteroatoms. The van der Waals surface area contributed by atoms with E-state index in [1.54, 1.807) is 23.1 Å². The molecule has 0 radical (unpaired) electrons.